The number of amides is 2. The minimum atomic E-state index is -0.486. The van der Waals surface area contributed by atoms with Crippen molar-refractivity contribution in [1.29, 1.82) is 0 Å². The van der Waals surface area contributed by atoms with E-state index in [1.165, 1.54) is 0 Å². The number of urea groups is 1. The van der Waals surface area contributed by atoms with Crippen LogP contribution >= 0.6 is 11.6 Å². The number of hydrogen-bond acceptors (Lipinski definition) is 4. The van der Waals surface area contributed by atoms with Crippen LogP contribution < -0.4 is 15.4 Å². The van der Waals surface area contributed by atoms with Crippen molar-refractivity contribution in [2.75, 3.05) is 11.9 Å². The van der Waals surface area contributed by atoms with Gasteiger partial charge in [0.05, 0.1) is 23.8 Å². The highest BCUT2D eigenvalue weighted by atomic mass is 35.5. The summed E-state index contributed by atoms with van der Waals surface area (Å²) < 4.78 is 5.60. The Hall–Kier alpha value is -2.31. The van der Waals surface area contributed by atoms with Crippen LogP contribution in [-0.2, 0) is 6.42 Å². The fourth-order valence-corrected chi connectivity index (χ4v) is 3.05. The van der Waals surface area contributed by atoms with Gasteiger partial charge in [0.2, 0.25) is 0 Å². The highest BCUT2D eigenvalue weighted by Gasteiger charge is 2.24. The molecule has 0 bridgehead atoms. The third-order valence-corrected chi connectivity index (χ3v) is 4.18. The average Bonchev–Trinajstić information content (AvgIpc) is 2.55. The van der Waals surface area contributed by atoms with E-state index in [9.17, 15) is 9.90 Å². The number of carbonyl (C=O) groups excluding carboxylic acids is 1. The normalized spacial score (nSPS) is 17.2. The highest BCUT2D eigenvalue weighted by Crippen LogP contribution is 2.37. The monoisotopic (exact) mass is 361 g/mol. The molecule has 1 aliphatic rings. The molecule has 0 fully saturated rings. The van der Waals surface area contributed by atoms with Crippen molar-refractivity contribution in [2.24, 2.45) is 0 Å². The van der Waals surface area contributed by atoms with Gasteiger partial charge in [-0.3, -0.25) is 5.32 Å². The van der Waals surface area contributed by atoms with Gasteiger partial charge in [-0.1, -0.05) is 29.8 Å². The summed E-state index contributed by atoms with van der Waals surface area (Å²) in [7, 11) is 0. The van der Waals surface area contributed by atoms with Crippen LogP contribution in [0.25, 0.3) is 0 Å². The summed E-state index contributed by atoms with van der Waals surface area (Å²) in [6.07, 6.45) is 0.610. The molecule has 0 saturated carbocycles. The van der Waals surface area contributed by atoms with Crippen molar-refractivity contribution in [3.8, 4) is 5.75 Å². The standard InChI is InChI=1S/C18H20ClN3O3/c1-11(23)10-12-4-2-7-16(20-12)22-18(24)21-15-8-9-25-17-13(15)5-3-6-14(17)19/h2-7,11,15,23H,8-10H2,1H3,(H2,20,21,22,24)/t11?,15-/m0/s1. The van der Waals surface area contributed by atoms with Gasteiger partial charge in [-0.05, 0) is 25.1 Å². The Morgan fingerprint density at radius 2 is 2.20 bits per heavy atom. The van der Waals surface area contributed by atoms with Crippen molar-refractivity contribution >= 4 is 23.4 Å². The summed E-state index contributed by atoms with van der Waals surface area (Å²) >= 11 is 6.15. The van der Waals surface area contributed by atoms with Crippen molar-refractivity contribution in [1.82, 2.24) is 10.3 Å². The van der Waals surface area contributed by atoms with Crippen molar-refractivity contribution in [3.05, 3.63) is 52.7 Å². The van der Waals surface area contributed by atoms with Crippen molar-refractivity contribution in [2.45, 2.75) is 31.9 Å². The zero-order valence-corrected chi connectivity index (χ0v) is 14.6. The Bertz CT molecular complexity index is 767. The summed E-state index contributed by atoms with van der Waals surface area (Å²) in [6.45, 7) is 2.19. The third-order valence-electron chi connectivity index (χ3n) is 3.88. The van der Waals surface area contributed by atoms with E-state index >= 15 is 0 Å². The van der Waals surface area contributed by atoms with Crippen LogP contribution in [0.15, 0.2) is 36.4 Å². The van der Waals surface area contributed by atoms with Crippen LogP contribution in [0.4, 0.5) is 10.6 Å². The van der Waals surface area contributed by atoms with Gasteiger partial charge in [-0.15, -0.1) is 0 Å². The highest BCUT2D eigenvalue weighted by molar-refractivity contribution is 6.32. The van der Waals surface area contributed by atoms with E-state index < -0.39 is 6.10 Å². The number of anilines is 1. The van der Waals surface area contributed by atoms with Gasteiger partial charge in [-0.2, -0.15) is 0 Å². The Morgan fingerprint density at radius 1 is 1.40 bits per heavy atom. The first-order valence-electron chi connectivity index (χ1n) is 8.15. The zero-order valence-electron chi connectivity index (χ0n) is 13.8. The molecular weight excluding hydrogens is 342 g/mol. The Balaban J connectivity index is 1.67. The Labute approximate surface area is 151 Å². The maximum Gasteiger partial charge on any atom is 0.320 e. The first kappa shape index (κ1) is 17.5. The summed E-state index contributed by atoms with van der Waals surface area (Å²) in [5.74, 6) is 1.06. The smallest absolute Gasteiger partial charge is 0.320 e. The third kappa shape index (κ3) is 4.41. The lowest BCUT2D eigenvalue weighted by Gasteiger charge is -2.27. The van der Waals surface area contributed by atoms with Gasteiger partial charge in [-0.25, -0.2) is 9.78 Å². The lowest BCUT2D eigenvalue weighted by molar-refractivity contribution is 0.194. The van der Waals surface area contributed by atoms with Gasteiger partial charge in [0.15, 0.2) is 0 Å². The lowest BCUT2D eigenvalue weighted by Crippen LogP contribution is -2.35. The molecule has 1 unspecified atom stereocenters. The summed E-state index contributed by atoms with van der Waals surface area (Å²) in [5, 5.41) is 15.7. The number of aliphatic hydroxyl groups excluding tert-OH is 1. The molecule has 132 valence electrons. The van der Waals surface area contributed by atoms with E-state index in [0.717, 1.165) is 11.3 Å². The molecule has 2 atom stereocenters. The minimum Gasteiger partial charge on any atom is -0.492 e. The quantitative estimate of drug-likeness (QED) is 0.780. The van der Waals surface area contributed by atoms with Crippen LogP contribution in [0.5, 0.6) is 5.75 Å². The van der Waals surface area contributed by atoms with Crippen LogP contribution in [0.2, 0.25) is 5.02 Å². The van der Waals surface area contributed by atoms with Crippen molar-refractivity contribution < 1.29 is 14.6 Å². The predicted octanol–water partition coefficient (Wildman–Crippen LogP) is 3.30. The molecule has 2 heterocycles. The van der Waals surface area contributed by atoms with Crippen LogP contribution in [0.1, 0.15) is 30.6 Å². The largest absolute Gasteiger partial charge is 0.492 e. The van der Waals surface area contributed by atoms with Gasteiger partial charge in [0.1, 0.15) is 11.6 Å². The second kappa shape index (κ2) is 7.72. The molecular formula is C18H20ClN3O3. The van der Waals surface area contributed by atoms with E-state index in [1.807, 2.05) is 18.2 Å². The number of hydrogen-bond donors (Lipinski definition) is 3. The van der Waals surface area contributed by atoms with E-state index in [1.54, 1.807) is 25.1 Å². The molecule has 1 aromatic heterocycles. The number of aliphatic hydroxyl groups is 1. The minimum absolute atomic E-state index is 0.178. The lowest BCUT2D eigenvalue weighted by atomic mass is 10.0. The zero-order chi connectivity index (χ0) is 17.8. The number of nitrogens with one attached hydrogen (secondary N) is 2. The van der Waals surface area contributed by atoms with Crippen LogP contribution in [0.3, 0.4) is 0 Å². The summed E-state index contributed by atoms with van der Waals surface area (Å²) in [4.78, 5) is 16.7. The molecule has 2 amide bonds. The molecule has 0 spiro atoms. The number of pyridine rings is 1. The summed E-state index contributed by atoms with van der Waals surface area (Å²) in [6, 6.07) is 10.3. The van der Waals surface area contributed by atoms with Gasteiger partial charge < -0.3 is 15.2 Å². The second-order valence-corrected chi connectivity index (χ2v) is 6.42. The second-order valence-electron chi connectivity index (χ2n) is 6.01. The SMILES string of the molecule is CC(O)Cc1cccc(NC(=O)N[C@H]2CCOc3c(Cl)cccc32)n1. The fraction of sp³-hybridized carbons (Fsp3) is 0.333. The fourth-order valence-electron chi connectivity index (χ4n) is 2.81. The van der Waals surface area contributed by atoms with Crippen LogP contribution in [-0.4, -0.2) is 28.8 Å². The molecule has 3 rings (SSSR count). The molecule has 7 heteroatoms. The number of carbonyl (C=O) groups is 1. The maximum atomic E-state index is 12.3. The number of fused-ring (bicyclic) bond motifs is 1. The number of rotatable bonds is 4. The molecule has 1 aromatic carbocycles. The van der Waals surface area contributed by atoms with Crippen molar-refractivity contribution in [3.63, 3.8) is 0 Å². The number of ether oxygens (including phenoxy) is 1. The first-order chi connectivity index (χ1) is 12.0. The Morgan fingerprint density at radius 3 is 3.00 bits per heavy atom. The van der Waals surface area contributed by atoms with Gasteiger partial charge in [0, 0.05) is 24.1 Å². The van der Waals surface area contributed by atoms with E-state index in [-0.39, 0.29) is 12.1 Å². The molecule has 0 aliphatic carbocycles. The molecule has 25 heavy (non-hydrogen) atoms. The predicted molar refractivity (Wildman–Crippen MR) is 96.1 cm³/mol. The molecule has 3 N–H and O–H groups in total. The number of halogens is 1. The van der Waals surface area contributed by atoms with Gasteiger partial charge >= 0.3 is 6.03 Å². The number of nitrogens with zero attached hydrogens (tertiary/aromatic N) is 1. The molecule has 1 aliphatic heterocycles. The number of para-hydroxylation sites is 1. The van der Waals surface area contributed by atoms with E-state index in [0.29, 0.717) is 36.0 Å². The van der Waals surface area contributed by atoms with Crippen LogP contribution in [0, 0.1) is 0 Å². The topological polar surface area (TPSA) is 83.5 Å². The van der Waals surface area contributed by atoms with E-state index in [2.05, 4.69) is 15.6 Å². The molecule has 2 aromatic rings. The molecule has 6 nitrogen and oxygen atoms in total. The number of aromatic nitrogens is 1. The molecule has 0 saturated heterocycles. The summed E-state index contributed by atoms with van der Waals surface area (Å²) in [5.41, 5.74) is 1.58. The van der Waals surface area contributed by atoms with E-state index in [4.69, 9.17) is 16.3 Å². The Kier molecular flexibility index (Phi) is 5.40. The first-order valence-corrected chi connectivity index (χ1v) is 8.53. The number of benzene rings is 1. The molecule has 0 radical (unpaired) electrons. The maximum absolute atomic E-state index is 12.3. The average molecular weight is 362 g/mol. The van der Waals surface area contributed by atoms with Gasteiger partial charge in [0.25, 0.3) is 0 Å².